The predicted octanol–water partition coefficient (Wildman–Crippen LogP) is 6.80. The van der Waals surface area contributed by atoms with Crippen LogP contribution in [0.4, 0.5) is 5.13 Å². The first-order valence-electron chi connectivity index (χ1n) is 11.8. The number of halogens is 1. The van der Waals surface area contributed by atoms with Crippen LogP contribution in [0, 0.1) is 0 Å². The van der Waals surface area contributed by atoms with E-state index in [2.05, 4.69) is 10.3 Å². The highest BCUT2D eigenvalue weighted by molar-refractivity contribution is 8.26. The number of carbonyl (C=O) groups is 2. The Morgan fingerprint density at radius 3 is 2.70 bits per heavy atom. The molecule has 2 aromatic carbocycles. The van der Waals surface area contributed by atoms with Crippen LogP contribution in [0.15, 0.2) is 59.6 Å². The molecule has 192 valence electrons. The van der Waals surface area contributed by atoms with Crippen LogP contribution in [-0.4, -0.2) is 39.7 Å². The smallest absolute Gasteiger partial charge is 0.266 e. The molecule has 0 atom stereocenters. The average Bonchev–Trinajstić information content (AvgIpc) is 3.44. The predicted molar refractivity (Wildman–Crippen MR) is 156 cm³/mol. The summed E-state index contributed by atoms with van der Waals surface area (Å²) in [7, 11) is 1.62. The van der Waals surface area contributed by atoms with E-state index in [1.54, 1.807) is 18.2 Å². The van der Waals surface area contributed by atoms with Gasteiger partial charge in [-0.2, -0.15) is 0 Å². The first-order chi connectivity index (χ1) is 17.9. The fraction of sp³-hybridized carbons (Fsp3) is 0.259. The Morgan fingerprint density at radius 1 is 1.16 bits per heavy atom. The molecule has 6 nitrogen and oxygen atoms in total. The van der Waals surface area contributed by atoms with Crippen molar-refractivity contribution in [2.24, 2.45) is 0 Å². The number of hydrogen-bond acceptors (Lipinski definition) is 7. The molecule has 3 aromatic rings. The van der Waals surface area contributed by atoms with Gasteiger partial charge in [0.1, 0.15) is 10.1 Å². The van der Waals surface area contributed by atoms with Crippen molar-refractivity contribution in [3.63, 3.8) is 0 Å². The first kappa shape index (κ1) is 27.3. The van der Waals surface area contributed by atoms with Crippen LogP contribution in [0.3, 0.4) is 0 Å². The number of thiocarbonyl (C=S) groups is 1. The zero-order valence-electron chi connectivity index (χ0n) is 20.2. The molecule has 4 rings (SSSR count). The van der Waals surface area contributed by atoms with Gasteiger partial charge in [-0.3, -0.25) is 14.5 Å². The Bertz CT molecular complexity index is 1310. The van der Waals surface area contributed by atoms with Crippen molar-refractivity contribution in [2.75, 3.05) is 19.0 Å². The second kappa shape index (κ2) is 13.2. The SMILES string of the molecule is COc1ccc(C=C2SC(=S)N(CCCCCC(=O)Nc3ncc(Cc4ccccc4Cl)s3)C2=O)cc1. The number of nitrogens with zero attached hydrogens (tertiary/aromatic N) is 2. The van der Waals surface area contributed by atoms with Gasteiger partial charge in [-0.15, -0.1) is 11.3 Å². The molecule has 0 bridgehead atoms. The minimum absolute atomic E-state index is 0.0633. The highest BCUT2D eigenvalue weighted by Gasteiger charge is 2.31. The molecule has 1 N–H and O–H groups in total. The average molecular weight is 572 g/mol. The van der Waals surface area contributed by atoms with Crippen LogP contribution in [0.1, 0.15) is 41.7 Å². The summed E-state index contributed by atoms with van der Waals surface area (Å²) in [6.07, 6.45) is 7.01. The maximum Gasteiger partial charge on any atom is 0.266 e. The standard InChI is InChI=1S/C27H26ClN3O3S3/c1-34-20-12-10-18(11-13-20)15-23-25(33)31(27(35)37-23)14-6-2-3-9-24(32)30-26-29-17-21(36-26)16-19-7-4-5-8-22(19)28/h4-5,7-8,10-13,15,17H,2-3,6,9,14,16H2,1H3,(H,29,30,32). The van der Waals surface area contributed by atoms with Gasteiger partial charge in [-0.1, -0.05) is 72.3 Å². The molecule has 0 radical (unpaired) electrons. The topological polar surface area (TPSA) is 71.5 Å². The number of aromatic nitrogens is 1. The van der Waals surface area contributed by atoms with Crippen molar-refractivity contribution < 1.29 is 14.3 Å². The van der Waals surface area contributed by atoms with Crippen LogP contribution in [0.25, 0.3) is 6.08 Å². The maximum absolute atomic E-state index is 12.8. The molecule has 1 aromatic heterocycles. The largest absolute Gasteiger partial charge is 0.497 e. The summed E-state index contributed by atoms with van der Waals surface area (Å²) in [5.41, 5.74) is 1.95. The number of thioether (sulfide) groups is 1. The van der Waals surface area contributed by atoms with E-state index < -0.39 is 0 Å². The third-order valence-corrected chi connectivity index (χ3v) is 8.35. The molecule has 0 unspecified atom stereocenters. The normalized spacial score (nSPS) is 14.4. The fourth-order valence-corrected chi connectivity index (χ4v) is 6.10. The van der Waals surface area contributed by atoms with E-state index in [-0.39, 0.29) is 11.8 Å². The Balaban J connectivity index is 1.17. The molecule has 37 heavy (non-hydrogen) atoms. The Kier molecular flexibility index (Phi) is 9.74. The van der Waals surface area contributed by atoms with Gasteiger partial charge >= 0.3 is 0 Å². The number of amides is 2. The van der Waals surface area contributed by atoms with Crippen LogP contribution >= 0.6 is 46.9 Å². The van der Waals surface area contributed by atoms with E-state index in [4.69, 9.17) is 28.6 Å². The number of carbonyl (C=O) groups excluding carboxylic acids is 2. The minimum atomic E-state index is -0.0695. The number of hydrogen-bond donors (Lipinski definition) is 1. The van der Waals surface area contributed by atoms with Crippen molar-refractivity contribution >= 4 is 74.3 Å². The van der Waals surface area contributed by atoms with Crippen molar-refractivity contribution in [3.8, 4) is 5.75 Å². The second-order valence-electron chi connectivity index (χ2n) is 8.37. The summed E-state index contributed by atoms with van der Waals surface area (Å²) >= 11 is 14.4. The summed E-state index contributed by atoms with van der Waals surface area (Å²) in [6.45, 7) is 0.546. The zero-order chi connectivity index (χ0) is 26.2. The first-order valence-corrected chi connectivity index (χ1v) is 14.2. The summed E-state index contributed by atoms with van der Waals surface area (Å²) in [6, 6.07) is 15.2. The van der Waals surface area contributed by atoms with Gasteiger partial charge in [-0.25, -0.2) is 4.98 Å². The lowest BCUT2D eigenvalue weighted by Gasteiger charge is -2.14. The summed E-state index contributed by atoms with van der Waals surface area (Å²) < 4.78 is 5.74. The highest BCUT2D eigenvalue weighted by atomic mass is 35.5. The van der Waals surface area contributed by atoms with Gasteiger partial charge in [0.2, 0.25) is 5.91 Å². The number of unbranched alkanes of at least 4 members (excludes halogenated alkanes) is 2. The Labute approximate surface area is 235 Å². The van der Waals surface area contributed by atoms with Gasteiger partial charge in [0.25, 0.3) is 5.91 Å². The number of rotatable bonds is 11. The molecule has 1 aliphatic rings. The summed E-state index contributed by atoms with van der Waals surface area (Å²) in [5.74, 6) is 0.634. The monoisotopic (exact) mass is 571 g/mol. The Morgan fingerprint density at radius 2 is 1.95 bits per heavy atom. The number of anilines is 1. The van der Waals surface area contributed by atoms with E-state index in [9.17, 15) is 9.59 Å². The Hall–Kier alpha value is -2.72. The number of ether oxygens (including phenoxy) is 1. The van der Waals surface area contributed by atoms with Crippen LogP contribution in [-0.2, 0) is 16.0 Å². The van der Waals surface area contributed by atoms with E-state index in [1.807, 2.05) is 54.6 Å². The van der Waals surface area contributed by atoms with Crippen molar-refractivity contribution in [1.82, 2.24) is 9.88 Å². The molecule has 2 amide bonds. The number of methoxy groups -OCH3 is 1. The highest BCUT2D eigenvalue weighted by Crippen LogP contribution is 2.33. The molecule has 10 heteroatoms. The van der Waals surface area contributed by atoms with E-state index in [0.29, 0.717) is 33.7 Å². The van der Waals surface area contributed by atoms with Crippen LogP contribution in [0.2, 0.25) is 5.02 Å². The minimum Gasteiger partial charge on any atom is -0.497 e. The molecular weight excluding hydrogens is 546 g/mol. The zero-order valence-corrected chi connectivity index (χ0v) is 23.4. The molecule has 0 saturated carbocycles. The molecule has 1 aliphatic heterocycles. The maximum atomic E-state index is 12.8. The van der Waals surface area contributed by atoms with Gasteiger partial charge in [0, 0.05) is 35.5 Å². The molecule has 0 spiro atoms. The third-order valence-electron chi connectivity index (χ3n) is 5.70. The molecule has 1 saturated heterocycles. The van der Waals surface area contributed by atoms with Crippen molar-refractivity contribution in [1.29, 1.82) is 0 Å². The van der Waals surface area contributed by atoms with Crippen molar-refractivity contribution in [3.05, 3.63) is 80.7 Å². The molecular formula is C27H26ClN3O3S3. The molecule has 1 fully saturated rings. The summed E-state index contributed by atoms with van der Waals surface area (Å²) in [4.78, 5) is 32.8. The summed E-state index contributed by atoms with van der Waals surface area (Å²) in [5, 5.41) is 4.19. The lowest BCUT2D eigenvalue weighted by Crippen LogP contribution is -2.29. The van der Waals surface area contributed by atoms with Crippen LogP contribution in [0.5, 0.6) is 5.75 Å². The second-order valence-corrected chi connectivity index (χ2v) is 11.6. The van der Waals surface area contributed by atoms with Crippen molar-refractivity contribution in [2.45, 2.75) is 32.1 Å². The van der Waals surface area contributed by atoms with Gasteiger partial charge in [-0.05, 0) is 48.2 Å². The van der Waals surface area contributed by atoms with E-state index in [0.717, 1.165) is 46.0 Å². The van der Waals surface area contributed by atoms with Gasteiger partial charge in [0.15, 0.2) is 5.13 Å². The van der Waals surface area contributed by atoms with Crippen LogP contribution < -0.4 is 10.1 Å². The van der Waals surface area contributed by atoms with Gasteiger partial charge < -0.3 is 10.1 Å². The number of benzene rings is 2. The molecule has 0 aliphatic carbocycles. The van der Waals surface area contributed by atoms with Gasteiger partial charge in [0.05, 0.1) is 12.0 Å². The lowest BCUT2D eigenvalue weighted by molar-refractivity contribution is -0.122. The number of nitrogens with one attached hydrogen (secondary N) is 1. The number of thiazole rings is 1. The fourth-order valence-electron chi connectivity index (χ4n) is 3.73. The lowest BCUT2D eigenvalue weighted by atomic mass is 10.1. The molecule has 2 heterocycles. The third kappa shape index (κ3) is 7.64. The van der Waals surface area contributed by atoms with E-state index in [1.165, 1.54) is 23.1 Å². The van der Waals surface area contributed by atoms with E-state index >= 15 is 0 Å². The quantitative estimate of drug-likeness (QED) is 0.155.